The Hall–Kier alpha value is -0.480. The number of rotatable bonds is 3. The van der Waals surface area contributed by atoms with Crippen LogP contribution in [0.15, 0.2) is 45.3 Å². The van der Waals surface area contributed by atoms with E-state index in [2.05, 4.69) is 38.4 Å². The van der Waals surface area contributed by atoms with Crippen molar-refractivity contribution >= 4 is 31.9 Å². The van der Waals surface area contributed by atoms with E-state index in [-0.39, 0.29) is 0 Å². The molecule has 76 valence electrons. The van der Waals surface area contributed by atoms with Gasteiger partial charge in [-0.2, -0.15) is 0 Å². The molecule has 1 heterocycles. The topological polar surface area (TPSA) is 18.5 Å². The van der Waals surface area contributed by atoms with Crippen LogP contribution in [0.25, 0.3) is 0 Å². The molecule has 0 aromatic heterocycles. The molecule has 0 saturated heterocycles. The predicted octanol–water partition coefficient (Wildman–Crippen LogP) is 3.97. The van der Waals surface area contributed by atoms with E-state index in [0.29, 0.717) is 6.79 Å². The van der Waals surface area contributed by atoms with Gasteiger partial charge in [-0.25, -0.2) is 0 Å². The van der Waals surface area contributed by atoms with Gasteiger partial charge in [-0.3, -0.25) is 0 Å². The van der Waals surface area contributed by atoms with Gasteiger partial charge >= 0.3 is 0 Å². The van der Waals surface area contributed by atoms with Crippen molar-refractivity contribution < 1.29 is 9.47 Å². The summed E-state index contributed by atoms with van der Waals surface area (Å²) < 4.78 is 11.3. The second-order valence-corrected chi connectivity index (χ2v) is 5.38. The quantitative estimate of drug-likeness (QED) is 0.732. The Labute approximate surface area is 100 Å². The lowest BCUT2D eigenvalue weighted by Crippen LogP contribution is -1.83. The van der Waals surface area contributed by atoms with Gasteiger partial charge < -0.3 is 9.47 Å². The molecule has 0 aliphatic carbocycles. The zero-order chi connectivity index (χ0) is 10.6. The predicted molar refractivity (Wildman–Crippen MR) is 64.0 cm³/mol. The monoisotopic (exact) mass is 320 g/mol. The summed E-state index contributed by atoms with van der Waals surface area (Å²) in [5, 5.41) is 0. The lowest BCUT2D eigenvalue weighted by molar-refractivity contribution is 0.0750. The molecular formula is C10H10Br2O2. The minimum Gasteiger partial charge on any atom is -0.458 e. The van der Waals surface area contributed by atoms with Crippen LogP contribution in [0.4, 0.5) is 0 Å². The van der Waals surface area contributed by atoms with Gasteiger partial charge in [0.05, 0.1) is 3.39 Å². The molecule has 0 fully saturated rings. The summed E-state index contributed by atoms with van der Waals surface area (Å²) in [6, 6.07) is 0. The number of halogens is 2. The molecule has 0 spiro atoms. The number of hydrogen-bond acceptors (Lipinski definition) is 2. The van der Waals surface area contributed by atoms with Gasteiger partial charge in [-0.1, -0.05) is 12.7 Å². The molecular weight excluding hydrogens is 312 g/mol. The van der Waals surface area contributed by atoms with E-state index in [9.17, 15) is 0 Å². The van der Waals surface area contributed by atoms with Crippen LogP contribution in [0.2, 0.25) is 0 Å². The number of ether oxygens (including phenoxy) is 2. The molecule has 0 unspecified atom stereocenters. The van der Waals surface area contributed by atoms with Crippen molar-refractivity contribution in [2.45, 2.75) is 6.92 Å². The van der Waals surface area contributed by atoms with Crippen molar-refractivity contribution in [1.82, 2.24) is 0 Å². The second kappa shape index (κ2) is 5.41. The molecule has 4 heteroatoms. The first-order valence-electron chi connectivity index (χ1n) is 3.97. The third-order valence-corrected chi connectivity index (χ3v) is 2.10. The minimum absolute atomic E-state index is 0.293. The third-order valence-electron chi connectivity index (χ3n) is 1.65. The molecule has 0 radical (unpaired) electrons. The molecule has 0 atom stereocenters. The van der Waals surface area contributed by atoms with E-state index < -0.39 is 0 Å². The maximum atomic E-state index is 5.25. The van der Waals surface area contributed by atoms with Crippen LogP contribution in [0, 0.1) is 0 Å². The SMILES string of the molecule is C=C/C(C=C(Br)Br)=C\C1=C(C)OCO1. The van der Waals surface area contributed by atoms with Crippen molar-refractivity contribution in [1.29, 1.82) is 0 Å². The van der Waals surface area contributed by atoms with Crippen molar-refractivity contribution in [3.05, 3.63) is 45.3 Å². The first-order chi connectivity index (χ1) is 6.63. The molecule has 0 aromatic rings. The fourth-order valence-corrected chi connectivity index (χ4v) is 1.46. The van der Waals surface area contributed by atoms with Gasteiger partial charge in [0.15, 0.2) is 5.76 Å². The van der Waals surface area contributed by atoms with E-state index in [0.717, 1.165) is 20.5 Å². The van der Waals surface area contributed by atoms with Crippen LogP contribution in [0.5, 0.6) is 0 Å². The summed E-state index contributed by atoms with van der Waals surface area (Å²) in [5.74, 6) is 1.54. The standard InChI is InChI=1S/C10H10Br2O2/c1-3-8(5-10(11)12)4-9-7(2)13-6-14-9/h3-5H,1,6H2,2H3/b8-4+. The third kappa shape index (κ3) is 3.35. The summed E-state index contributed by atoms with van der Waals surface area (Å²) in [4.78, 5) is 0. The first kappa shape index (κ1) is 11.6. The lowest BCUT2D eigenvalue weighted by atomic mass is 10.2. The Morgan fingerprint density at radius 1 is 1.43 bits per heavy atom. The van der Waals surface area contributed by atoms with Gasteiger partial charge in [-0.15, -0.1) is 0 Å². The van der Waals surface area contributed by atoms with Crippen LogP contribution in [-0.4, -0.2) is 6.79 Å². The highest BCUT2D eigenvalue weighted by atomic mass is 79.9. The summed E-state index contributed by atoms with van der Waals surface area (Å²) >= 11 is 6.56. The molecule has 0 amide bonds. The van der Waals surface area contributed by atoms with Crippen LogP contribution in [0.3, 0.4) is 0 Å². The molecule has 0 N–H and O–H groups in total. The van der Waals surface area contributed by atoms with Crippen LogP contribution >= 0.6 is 31.9 Å². The van der Waals surface area contributed by atoms with E-state index in [1.54, 1.807) is 6.08 Å². The largest absolute Gasteiger partial charge is 0.458 e. The van der Waals surface area contributed by atoms with Crippen molar-refractivity contribution in [2.24, 2.45) is 0 Å². The van der Waals surface area contributed by atoms with Crippen molar-refractivity contribution in [3.8, 4) is 0 Å². The zero-order valence-corrected chi connectivity index (χ0v) is 10.9. The average Bonchev–Trinajstić information content (AvgIpc) is 2.50. The Morgan fingerprint density at radius 3 is 2.57 bits per heavy atom. The zero-order valence-electron chi connectivity index (χ0n) is 7.72. The summed E-state index contributed by atoms with van der Waals surface area (Å²) in [6.45, 7) is 5.87. The fourth-order valence-electron chi connectivity index (χ4n) is 0.934. The first-order valence-corrected chi connectivity index (χ1v) is 5.55. The maximum Gasteiger partial charge on any atom is 0.230 e. The van der Waals surface area contributed by atoms with E-state index in [1.807, 2.05) is 19.1 Å². The lowest BCUT2D eigenvalue weighted by Gasteiger charge is -1.96. The molecule has 1 aliphatic heterocycles. The van der Waals surface area contributed by atoms with Gasteiger partial charge in [0, 0.05) is 0 Å². The minimum atomic E-state index is 0.293. The second-order valence-electron chi connectivity index (χ2n) is 2.61. The Morgan fingerprint density at radius 2 is 2.14 bits per heavy atom. The highest BCUT2D eigenvalue weighted by Crippen LogP contribution is 2.21. The van der Waals surface area contributed by atoms with Crippen molar-refractivity contribution in [2.75, 3.05) is 6.79 Å². The fraction of sp³-hybridized carbons (Fsp3) is 0.200. The highest BCUT2D eigenvalue weighted by Gasteiger charge is 2.10. The molecule has 0 saturated carbocycles. The summed E-state index contributed by atoms with van der Waals surface area (Å²) in [7, 11) is 0. The van der Waals surface area contributed by atoms with Crippen LogP contribution in [-0.2, 0) is 9.47 Å². The molecule has 2 nitrogen and oxygen atoms in total. The van der Waals surface area contributed by atoms with Gasteiger partial charge in [0.2, 0.25) is 6.79 Å². The maximum absolute atomic E-state index is 5.25. The normalized spacial score (nSPS) is 16.1. The Balaban J connectivity index is 2.89. The number of allylic oxidation sites excluding steroid dienone is 5. The Kier molecular flexibility index (Phi) is 4.48. The molecule has 1 rings (SSSR count). The highest BCUT2D eigenvalue weighted by molar-refractivity contribution is 9.28. The Bertz CT molecular complexity index is 323. The van der Waals surface area contributed by atoms with Gasteiger partial charge in [0.25, 0.3) is 0 Å². The van der Waals surface area contributed by atoms with Crippen LogP contribution < -0.4 is 0 Å². The summed E-state index contributed by atoms with van der Waals surface area (Å²) in [6.07, 6.45) is 5.50. The summed E-state index contributed by atoms with van der Waals surface area (Å²) in [5.41, 5.74) is 0.939. The molecule has 14 heavy (non-hydrogen) atoms. The molecule has 0 bridgehead atoms. The van der Waals surface area contributed by atoms with E-state index >= 15 is 0 Å². The van der Waals surface area contributed by atoms with E-state index in [4.69, 9.17) is 9.47 Å². The van der Waals surface area contributed by atoms with Crippen LogP contribution in [0.1, 0.15) is 6.92 Å². The van der Waals surface area contributed by atoms with Gasteiger partial charge in [0.1, 0.15) is 5.76 Å². The van der Waals surface area contributed by atoms with E-state index in [1.165, 1.54) is 0 Å². The molecule has 0 aromatic carbocycles. The number of hydrogen-bond donors (Lipinski definition) is 0. The molecule has 1 aliphatic rings. The average molecular weight is 322 g/mol. The van der Waals surface area contributed by atoms with Crippen molar-refractivity contribution in [3.63, 3.8) is 0 Å². The van der Waals surface area contributed by atoms with Gasteiger partial charge in [-0.05, 0) is 56.5 Å². The smallest absolute Gasteiger partial charge is 0.230 e.